The number of methoxy groups -OCH3 is 1. The summed E-state index contributed by atoms with van der Waals surface area (Å²) in [5.41, 5.74) is 4.56. The van der Waals surface area contributed by atoms with E-state index in [1.54, 1.807) is 26.0 Å². The van der Waals surface area contributed by atoms with Crippen LogP contribution in [0.25, 0.3) is 0 Å². The molecule has 1 aromatic carbocycles. The first-order chi connectivity index (χ1) is 16.5. The maximum absolute atomic E-state index is 12.9. The van der Waals surface area contributed by atoms with E-state index in [9.17, 15) is 15.2 Å². The molecule has 1 unspecified atom stereocenters. The molecular weight excluding hydrogens is 446 g/mol. The standard InChI is InChI=1S/C28H33NO6/c1-15-11-16(2)24-27(5,12-15)25(19-7-9-20(10-8-19)29(31)32)28(24)13-21(34-14-28)23-17(3)22(30)18(4)26(33-6)35-23/h7-12,21,24-25,29,31H,13-14H2,1-6H3/t21-,24+,25-,27-,28-/m1/s1. The largest absolute Gasteiger partial charge is 0.595 e. The predicted molar refractivity (Wildman–Crippen MR) is 131 cm³/mol. The fourth-order valence-corrected chi connectivity index (χ4v) is 7.60. The minimum absolute atomic E-state index is 0.0841. The zero-order valence-corrected chi connectivity index (χ0v) is 21.1. The average Bonchev–Trinajstić information content (AvgIpc) is 3.23. The number of allylic oxidation sites excluding steroid dienone is 4. The molecule has 2 heterocycles. The van der Waals surface area contributed by atoms with Gasteiger partial charge in [-0.05, 0) is 45.6 Å². The molecule has 1 aromatic heterocycles. The normalized spacial score (nSPS) is 32.5. The molecule has 3 aliphatic rings. The Morgan fingerprint density at radius 3 is 2.43 bits per heavy atom. The second kappa shape index (κ2) is 8.17. The van der Waals surface area contributed by atoms with Crippen LogP contribution in [0.15, 0.2) is 56.8 Å². The molecule has 186 valence electrons. The van der Waals surface area contributed by atoms with Crippen LogP contribution in [0.4, 0.5) is 5.69 Å². The Bertz CT molecular complexity index is 1290. The number of benzene rings is 1. The molecule has 2 aliphatic carbocycles. The van der Waals surface area contributed by atoms with E-state index in [2.05, 4.69) is 32.9 Å². The number of rotatable bonds is 4. The average molecular weight is 480 g/mol. The smallest absolute Gasteiger partial charge is 0.291 e. The summed E-state index contributed by atoms with van der Waals surface area (Å²) in [6, 6.07) is 7.26. The Hall–Kier alpha value is -2.71. The lowest BCUT2D eigenvalue weighted by molar-refractivity contribution is -0.991. The molecule has 7 nitrogen and oxygen atoms in total. The van der Waals surface area contributed by atoms with E-state index < -0.39 is 5.23 Å². The fraction of sp³-hybridized carbons (Fsp3) is 0.464. The first-order valence-electron chi connectivity index (χ1n) is 12.0. The molecule has 1 saturated carbocycles. The Morgan fingerprint density at radius 1 is 1.11 bits per heavy atom. The van der Waals surface area contributed by atoms with Gasteiger partial charge in [-0.25, -0.2) is 5.21 Å². The Morgan fingerprint density at radius 2 is 1.80 bits per heavy atom. The van der Waals surface area contributed by atoms with Crippen LogP contribution in [-0.2, 0) is 4.74 Å². The van der Waals surface area contributed by atoms with Gasteiger partial charge in [0.25, 0.3) is 5.95 Å². The monoisotopic (exact) mass is 479 g/mol. The fourth-order valence-electron chi connectivity index (χ4n) is 7.60. The van der Waals surface area contributed by atoms with Crippen LogP contribution in [0, 0.1) is 35.8 Å². The summed E-state index contributed by atoms with van der Waals surface area (Å²) in [5, 5.41) is 19.9. The SMILES string of the molecule is COc1oc([C@H]2C[C@]3(CO2)[C@H](c2ccc([NH+]([O-])O)cc2)[C@]2(C)C=C(C)C=C(C)[C@@H]23)c(C)c(=O)c1C. The highest BCUT2D eigenvalue weighted by atomic mass is 16.8. The zero-order valence-electron chi connectivity index (χ0n) is 21.1. The van der Waals surface area contributed by atoms with Crippen molar-refractivity contribution < 1.29 is 24.3 Å². The van der Waals surface area contributed by atoms with Crippen molar-refractivity contribution in [3.05, 3.63) is 85.4 Å². The van der Waals surface area contributed by atoms with E-state index in [0.29, 0.717) is 29.9 Å². The van der Waals surface area contributed by atoms with Gasteiger partial charge in [0.2, 0.25) is 0 Å². The summed E-state index contributed by atoms with van der Waals surface area (Å²) in [7, 11) is 1.50. The van der Waals surface area contributed by atoms with Gasteiger partial charge in [0, 0.05) is 34.4 Å². The van der Waals surface area contributed by atoms with Gasteiger partial charge in [-0.15, -0.1) is 0 Å². The number of fused-ring (bicyclic) bond motifs is 2. The maximum Gasteiger partial charge on any atom is 0.291 e. The van der Waals surface area contributed by atoms with Crippen molar-refractivity contribution in [2.45, 2.75) is 53.1 Å². The van der Waals surface area contributed by atoms with E-state index in [0.717, 1.165) is 5.56 Å². The van der Waals surface area contributed by atoms with Crippen molar-refractivity contribution in [1.82, 2.24) is 0 Å². The summed E-state index contributed by atoms with van der Waals surface area (Å²) >= 11 is 0. The molecule has 2 fully saturated rings. The lowest BCUT2D eigenvalue weighted by atomic mass is 9.35. The minimum Gasteiger partial charge on any atom is -0.595 e. The van der Waals surface area contributed by atoms with Crippen molar-refractivity contribution in [2.75, 3.05) is 13.7 Å². The van der Waals surface area contributed by atoms with E-state index in [4.69, 9.17) is 13.9 Å². The summed E-state index contributed by atoms with van der Waals surface area (Å²) in [5.74, 6) is 1.16. The summed E-state index contributed by atoms with van der Waals surface area (Å²) in [6.45, 7) is 10.6. The van der Waals surface area contributed by atoms with Crippen LogP contribution >= 0.6 is 0 Å². The number of nitrogens with one attached hydrogen (secondary N) is 1. The third-order valence-corrected chi connectivity index (χ3v) is 8.49. The van der Waals surface area contributed by atoms with Crippen molar-refractivity contribution in [1.29, 1.82) is 0 Å². The molecule has 6 atom stereocenters. The molecule has 0 amide bonds. The highest BCUT2D eigenvalue weighted by Gasteiger charge is 2.71. The Kier molecular flexibility index (Phi) is 5.60. The van der Waals surface area contributed by atoms with Gasteiger partial charge in [-0.3, -0.25) is 4.79 Å². The van der Waals surface area contributed by atoms with Crippen molar-refractivity contribution in [3.63, 3.8) is 0 Å². The Labute approximate surface area is 205 Å². The lowest BCUT2D eigenvalue weighted by Crippen LogP contribution is -2.99. The lowest BCUT2D eigenvalue weighted by Gasteiger charge is -2.67. The first kappa shape index (κ1) is 24.0. The predicted octanol–water partition coefficient (Wildman–Crippen LogP) is 4.44. The number of hydrogen-bond acceptors (Lipinski definition) is 6. The molecule has 7 heteroatoms. The Balaban J connectivity index is 1.59. The number of quaternary nitrogens is 1. The van der Waals surface area contributed by atoms with Crippen molar-refractivity contribution in [3.8, 4) is 5.95 Å². The van der Waals surface area contributed by atoms with Gasteiger partial charge in [0.05, 0.1) is 19.3 Å². The van der Waals surface area contributed by atoms with Gasteiger partial charge in [-0.1, -0.05) is 42.4 Å². The van der Waals surface area contributed by atoms with Gasteiger partial charge in [-0.2, -0.15) is 5.23 Å². The highest BCUT2D eigenvalue weighted by molar-refractivity contribution is 5.48. The molecule has 0 bridgehead atoms. The van der Waals surface area contributed by atoms with E-state index in [-0.39, 0.29) is 45.8 Å². The molecule has 5 rings (SSSR count). The van der Waals surface area contributed by atoms with Crippen molar-refractivity contribution in [2.24, 2.45) is 16.7 Å². The van der Waals surface area contributed by atoms with Crippen LogP contribution in [0.3, 0.4) is 0 Å². The number of hydrogen-bond donors (Lipinski definition) is 2. The van der Waals surface area contributed by atoms with E-state index in [1.807, 2.05) is 12.1 Å². The maximum atomic E-state index is 12.9. The van der Waals surface area contributed by atoms with Crippen LogP contribution in [0.1, 0.15) is 61.7 Å². The molecule has 2 aromatic rings. The minimum atomic E-state index is -0.931. The van der Waals surface area contributed by atoms with E-state index in [1.165, 1.54) is 18.3 Å². The third-order valence-electron chi connectivity index (χ3n) is 8.49. The molecule has 1 saturated heterocycles. The quantitative estimate of drug-likeness (QED) is 0.630. The van der Waals surface area contributed by atoms with Gasteiger partial charge < -0.3 is 19.1 Å². The first-order valence-corrected chi connectivity index (χ1v) is 12.0. The molecular formula is C28H33NO6. The van der Waals surface area contributed by atoms with E-state index >= 15 is 0 Å². The molecule has 1 spiro atoms. The molecule has 35 heavy (non-hydrogen) atoms. The van der Waals surface area contributed by atoms with Crippen LogP contribution in [0.2, 0.25) is 0 Å². The van der Waals surface area contributed by atoms with Crippen molar-refractivity contribution >= 4 is 5.69 Å². The summed E-state index contributed by atoms with van der Waals surface area (Å²) in [6.07, 6.45) is 4.96. The van der Waals surface area contributed by atoms with Gasteiger partial charge in [0.15, 0.2) is 11.1 Å². The topological polar surface area (TPSA) is 96.4 Å². The highest BCUT2D eigenvalue weighted by Crippen LogP contribution is 2.76. The molecule has 0 radical (unpaired) electrons. The van der Waals surface area contributed by atoms with Crippen LogP contribution < -0.4 is 15.4 Å². The summed E-state index contributed by atoms with van der Waals surface area (Å²) in [4.78, 5) is 12.9. The van der Waals surface area contributed by atoms with Crippen LogP contribution in [-0.4, -0.2) is 18.9 Å². The van der Waals surface area contributed by atoms with Gasteiger partial charge in [0.1, 0.15) is 11.9 Å². The van der Waals surface area contributed by atoms with Crippen LogP contribution in [0.5, 0.6) is 5.95 Å². The molecule has 2 N–H and O–H groups in total. The molecule has 1 aliphatic heterocycles. The van der Waals surface area contributed by atoms with Gasteiger partial charge >= 0.3 is 0 Å². The second-order valence-electron chi connectivity index (χ2n) is 10.7. The number of ether oxygens (including phenoxy) is 2. The zero-order chi connectivity index (χ0) is 25.3. The second-order valence-corrected chi connectivity index (χ2v) is 10.7. The summed E-state index contributed by atoms with van der Waals surface area (Å²) < 4.78 is 17.8. The third kappa shape index (κ3) is 3.37.